The Balaban J connectivity index is 2.33. The van der Waals surface area contributed by atoms with Crippen molar-refractivity contribution >= 4 is 0 Å². The highest BCUT2D eigenvalue weighted by Crippen LogP contribution is 2.14. The maximum Gasteiger partial charge on any atom is 0.214 e. The van der Waals surface area contributed by atoms with Gasteiger partial charge < -0.3 is 9.63 Å². The van der Waals surface area contributed by atoms with E-state index in [0.717, 1.165) is 11.1 Å². The fraction of sp³-hybridized carbons (Fsp3) is 0.111. The molecular weight excluding hydrogens is 168 g/mol. The molecule has 66 valence electrons. The average Bonchev–Trinajstić information content (AvgIpc) is 2.71. The number of nitrogens with zero attached hydrogens (tertiary/aromatic N) is 2. The SMILES string of the molecule is OCc1ccc(-c2ncon2)cc1. The first kappa shape index (κ1) is 7.94. The van der Waals surface area contributed by atoms with E-state index in [0.29, 0.717) is 5.82 Å². The lowest BCUT2D eigenvalue weighted by atomic mass is 10.1. The fourth-order valence-electron chi connectivity index (χ4n) is 1.06. The molecule has 0 aliphatic carbocycles. The molecule has 1 heterocycles. The zero-order valence-electron chi connectivity index (χ0n) is 6.84. The Labute approximate surface area is 74.8 Å². The highest BCUT2D eigenvalue weighted by atomic mass is 16.5. The summed E-state index contributed by atoms with van der Waals surface area (Å²) in [7, 11) is 0. The smallest absolute Gasteiger partial charge is 0.214 e. The molecule has 0 unspecified atom stereocenters. The first-order chi connectivity index (χ1) is 6.40. The van der Waals surface area contributed by atoms with Crippen LogP contribution in [0.1, 0.15) is 5.56 Å². The van der Waals surface area contributed by atoms with Gasteiger partial charge in [0.15, 0.2) is 0 Å². The Hall–Kier alpha value is -1.68. The van der Waals surface area contributed by atoms with Crippen molar-refractivity contribution < 1.29 is 9.63 Å². The molecule has 0 bridgehead atoms. The average molecular weight is 176 g/mol. The molecule has 2 rings (SSSR count). The van der Waals surface area contributed by atoms with E-state index in [1.54, 1.807) is 0 Å². The molecule has 0 saturated heterocycles. The third kappa shape index (κ3) is 1.57. The van der Waals surface area contributed by atoms with E-state index in [9.17, 15) is 0 Å². The van der Waals surface area contributed by atoms with Crippen molar-refractivity contribution in [2.75, 3.05) is 0 Å². The lowest BCUT2D eigenvalue weighted by Gasteiger charge is -1.96. The van der Waals surface area contributed by atoms with Crippen molar-refractivity contribution in [2.45, 2.75) is 6.61 Å². The van der Waals surface area contributed by atoms with E-state index in [4.69, 9.17) is 5.11 Å². The van der Waals surface area contributed by atoms with Crippen LogP contribution in [0, 0.1) is 0 Å². The predicted molar refractivity (Wildman–Crippen MR) is 45.7 cm³/mol. The number of hydrogen-bond acceptors (Lipinski definition) is 4. The van der Waals surface area contributed by atoms with Crippen LogP contribution in [-0.2, 0) is 6.61 Å². The predicted octanol–water partition coefficient (Wildman–Crippen LogP) is 1.23. The van der Waals surface area contributed by atoms with Gasteiger partial charge >= 0.3 is 0 Å². The summed E-state index contributed by atoms with van der Waals surface area (Å²) in [6.45, 7) is 0.0481. The first-order valence-corrected chi connectivity index (χ1v) is 3.86. The second-order valence-electron chi connectivity index (χ2n) is 2.61. The second-order valence-corrected chi connectivity index (χ2v) is 2.61. The molecule has 0 amide bonds. The van der Waals surface area contributed by atoms with Crippen molar-refractivity contribution in [1.82, 2.24) is 10.1 Å². The van der Waals surface area contributed by atoms with Crippen LogP contribution in [0.15, 0.2) is 35.2 Å². The summed E-state index contributed by atoms with van der Waals surface area (Å²) in [5.41, 5.74) is 1.75. The molecule has 0 radical (unpaired) electrons. The molecule has 4 nitrogen and oxygen atoms in total. The summed E-state index contributed by atoms with van der Waals surface area (Å²) < 4.78 is 4.61. The van der Waals surface area contributed by atoms with Crippen molar-refractivity contribution in [3.8, 4) is 11.4 Å². The van der Waals surface area contributed by atoms with E-state index in [1.165, 1.54) is 6.39 Å². The van der Waals surface area contributed by atoms with Gasteiger partial charge in [0.2, 0.25) is 12.2 Å². The Morgan fingerprint density at radius 3 is 2.54 bits per heavy atom. The minimum atomic E-state index is 0.0481. The Bertz CT molecular complexity index is 367. The molecule has 0 fully saturated rings. The third-order valence-corrected chi connectivity index (χ3v) is 1.76. The minimum Gasteiger partial charge on any atom is -0.392 e. The van der Waals surface area contributed by atoms with Crippen LogP contribution in [0.5, 0.6) is 0 Å². The van der Waals surface area contributed by atoms with Gasteiger partial charge in [0.25, 0.3) is 0 Å². The Kier molecular flexibility index (Phi) is 2.06. The molecule has 0 aliphatic rings. The monoisotopic (exact) mass is 176 g/mol. The minimum absolute atomic E-state index is 0.0481. The molecule has 2 aromatic rings. The van der Waals surface area contributed by atoms with Gasteiger partial charge in [0.1, 0.15) is 0 Å². The summed E-state index contributed by atoms with van der Waals surface area (Å²) in [6, 6.07) is 7.34. The van der Waals surface area contributed by atoms with Crippen LogP contribution in [0.3, 0.4) is 0 Å². The summed E-state index contributed by atoms with van der Waals surface area (Å²) in [4.78, 5) is 3.90. The van der Waals surface area contributed by atoms with Gasteiger partial charge in [-0.3, -0.25) is 0 Å². The summed E-state index contributed by atoms with van der Waals surface area (Å²) in [5, 5.41) is 12.5. The molecule has 0 saturated carbocycles. The summed E-state index contributed by atoms with van der Waals surface area (Å²) in [6.07, 6.45) is 1.29. The van der Waals surface area contributed by atoms with Crippen LogP contribution in [-0.4, -0.2) is 15.2 Å². The molecule has 13 heavy (non-hydrogen) atoms. The first-order valence-electron chi connectivity index (χ1n) is 3.86. The normalized spacial score (nSPS) is 10.2. The zero-order chi connectivity index (χ0) is 9.10. The highest BCUT2D eigenvalue weighted by molar-refractivity contribution is 5.54. The summed E-state index contributed by atoms with van der Waals surface area (Å²) >= 11 is 0. The molecular formula is C9H8N2O2. The fourth-order valence-corrected chi connectivity index (χ4v) is 1.06. The Morgan fingerprint density at radius 1 is 1.23 bits per heavy atom. The molecule has 1 N–H and O–H groups in total. The van der Waals surface area contributed by atoms with Gasteiger partial charge in [0.05, 0.1) is 6.61 Å². The third-order valence-electron chi connectivity index (χ3n) is 1.76. The van der Waals surface area contributed by atoms with Crippen LogP contribution in [0.2, 0.25) is 0 Å². The van der Waals surface area contributed by atoms with E-state index in [-0.39, 0.29) is 6.61 Å². The quantitative estimate of drug-likeness (QED) is 0.747. The van der Waals surface area contributed by atoms with Gasteiger partial charge in [-0.15, -0.1) is 0 Å². The van der Waals surface area contributed by atoms with Gasteiger partial charge in [-0.2, -0.15) is 4.98 Å². The van der Waals surface area contributed by atoms with E-state index >= 15 is 0 Å². The largest absolute Gasteiger partial charge is 0.392 e. The number of aliphatic hydroxyl groups is 1. The number of benzene rings is 1. The highest BCUT2D eigenvalue weighted by Gasteiger charge is 2.01. The van der Waals surface area contributed by atoms with E-state index in [1.807, 2.05) is 24.3 Å². The topological polar surface area (TPSA) is 59.2 Å². The molecule has 1 aromatic heterocycles. The van der Waals surface area contributed by atoms with Gasteiger partial charge in [-0.05, 0) is 5.56 Å². The number of hydrogen-bond donors (Lipinski definition) is 1. The molecule has 0 aliphatic heterocycles. The standard InChI is InChI=1S/C9H8N2O2/c12-5-7-1-3-8(4-2-7)9-10-6-13-11-9/h1-4,6,12H,5H2. The van der Waals surface area contributed by atoms with Crippen molar-refractivity contribution in [3.05, 3.63) is 36.2 Å². The maximum atomic E-state index is 8.81. The Morgan fingerprint density at radius 2 is 2.00 bits per heavy atom. The van der Waals surface area contributed by atoms with Crippen LogP contribution in [0.25, 0.3) is 11.4 Å². The van der Waals surface area contributed by atoms with Crippen molar-refractivity contribution in [2.24, 2.45) is 0 Å². The van der Waals surface area contributed by atoms with E-state index < -0.39 is 0 Å². The maximum absolute atomic E-state index is 8.81. The zero-order valence-corrected chi connectivity index (χ0v) is 6.84. The molecule has 0 atom stereocenters. The van der Waals surface area contributed by atoms with Crippen LogP contribution < -0.4 is 0 Å². The molecule has 4 heteroatoms. The molecule has 0 spiro atoms. The van der Waals surface area contributed by atoms with E-state index in [2.05, 4.69) is 14.7 Å². The number of rotatable bonds is 2. The van der Waals surface area contributed by atoms with Gasteiger partial charge in [0, 0.05) is 5.56 Å². The van der Waals surface area contributed by atoms with Crippen molar-refractivity contribution in [3.63, 3.8) is 0 Å². The lowest BCUT2D eigenvalue weighted by Crippen LogP contribution is -1.84. The van der Waals surface area contributed by atoms with Crippen molar-refractivity contribution in [1.29, 1.82) is 0 Å². The number of aliphatic hydroxyl groups excluding tert-OH is 1. The van der Waals surface area contributed by atoms with Gasteiger partial charge in [-0.1, -0.05) is 29.4 Å². The number of aromatic nitrogens is 2. The summed E-state index contributed by atoms with van der Waals surface area (Å²) in [5.74, 6) is 0.560. The van der Waals surface area contributed by atoms with Gasteiger partial charge in [-0.25, -0.2) is 0 Å². The molecule has 1 aromatic carbocycles. The second kappa shape index (κ2) is 3.37. The van der Waals surface area contributed by atoms with Crippen LogP contribution >= 0.6 is 0 Å². The van der Waals surface area contributed by atoms with Crippen LogP contribution in [0.4, 0.5) is 0 Å². The lowest BCUT2D eigenvalue weighted by molar-refractivity contribution is 0.282.